The van der Waals surface area contributed by atoms with Gasteiger partial charge in [0, 0.05) is 6.54 Å². The fourth-order valence-electron chi connectivity index (χ4n) is 2.24. The van der Waals surface area contributed by atoms with Crippen molar-refractivity contribution in [2.75, 3.05) is 14.2 Å². The molecule has 2 N–H and O–H groups in total. The van der Waals surface area contributed by atoms with Crippen molar-refractivity contribution in [2.45, 2.75) is 19.5 Å². The van der Waals surface area contributed by atoms with Crippen molar-refractivity contribution < 1.29 is 18.7 Å². The van der Waals surface area contributed by atoms with Gasteiger partial charge in [0.1, 0.15) is 5.82 Å². The molecular formula is C18H21FN2O3. The molecule has 1 atom stereocenters. The van der Waals surface area contributed by atoms with Gasteiger partial charge in [0.15, 0.2) is 11.5 Å². The number of carbonyl (C=O) groups is 1. The first-order valence-corrected chi connectivity index (χ1v) is 7.54. The molecular weight excluding hydrogens is 311 g/mol. The van der Waals surface area contributed by atoms with Crippen molar-refractivity contribution in [3.63, 3.8) is 0 Å². The van der Waals surface area contributed by atoms with E-state index in [1.54, 1.807) is 32.4 Å². The third-order valence-electron chi connectivity index (χ3n) is 3.62. The number of halogens is 1. The number of hydrogen-bond acceptors (Lipinski definition) is 3. The Morgan fingerprint density at radius 1 is 1.08 bits per heavy atom. The Hall–Kier alpha value is -2.76. The molecule has 128 valence electrons. The number of urea groups is 1. The van der Waals surface area contributed by atoms with Gasteiger partial charge in [0.05, 0.1) is 20.3 Å². The van der Waals surface area contributed by atoms with E-state index in [0.29, 0.717) is 18.0 Å². The molecule has 0 aliphatic heterocycles. The number of hydrogen-bond donors (Lipinski definition) is 2. The van der Waals surface area contributed by atoms with E-state index in [0.717, 1.165) is 11.1 Å². The predicted molar refractivity (Wildman–Crippen MR) is 89.7 cm³/mol. The van der Waals surface area contributed by atoms with E-state index in [2.05, 4.69) is 10.6 Å². The minimum Gasteiger partial charge on any atom is -0.493 e. The normalized spacial score (nSPS) is 11.5. The van der Waals surface area contributed by atoms with E-state index in [9.17, 15) is 9.18 Å². The van der Waals surface area contributed by atoms with E-state index in [-0.39, 0.29) is 17.9 Å². The molecule has 5 nitrogen and oxygen atoms in total. The first kappa shape index (κ1) is 17.6. The van der Waals surface area contributed by atoms with Crippen LogP contribution in [0.3, 0.4) is 0 Å². The second kappa shape index (κ2) is 8.19. The van der Waals surface area contributed by atoms with E-state index in [1.807, 2.05) is 19.1 Å². The Morgan fingerprint density at radius 2 is 1.75 bits per heavy atom. The monoisotopic (exact) mass is 332 g/mol. The number of rotatable bonds is 6. The van der Waals surface area contributed by atoms with Crippen LogP contribution in [0.2, 0.25) is 0 Å². The van der Waals surface area contributed by atoms with Gasteiger partial charge < -0.3 is 20.1 Å². The lowest BCUT2D eigenvalue weighted by Crippen LogP contribution is -2.36. The van der Waals surface area contributed by atoms with Gasteiger partial charge in [-0.05, 0) is 42.3 Å². The minimum absolute atomic E-state index is 0.210. The minimum atomic E-state index is -0.304. The molecule has 2 aromatic rings. The average Bonchev–Trinajstić information content (AvgIpc) is 2.60. The molecule has 6 heteroatoms. The first-order chi connectivity index (χ1) is 11.5. The molecule has 1 unspecified atom stereocenters. The first-order valence-electron chi connectivity index (χ1n) is 7.54. The highest BCUT2D eigenvalue weighted by Gasteiger charge is 2.12. The van der Waals surface area contributed by atoms with Crippen LogP contribution in [0.15, 0.2) is 42.5 Å². The van der Waals surface area contributed by atoms with Crippen LogP contribution >= 0.6 is 0 Å². The number of amides is 2. The van der Waals surface area contributed by atoms with Crippen molar-refractivity contribution >= 4 is 6.03 Å². The molecule has 0 saturated heterocycles. The SMILES string of the molecule is COc1ccc(C(C)NC(=O)NCc2ccc(F)cc2)cc1OC. The smallest absolute Gasteiger partial charge is 0.315 e. The largest absolute Gasteiger partial charge is 0.493 e. The van der Waals surface area contributed by atoms with Gasteiger partial charge in [-0.2, -0.15) is 0 Å². The van der Waals surface area contributed by atoms with Gasteiger partial charge >= 0.3 is 6.03 Å². The van der Waals surface area contributed by atoms with Gasteiger partial charge in [-0.15, -0.1) is 0 Å². The molecule has 2 rings (SSSR count). The van der Waals surface area contributed by atoms with Crippen LogP contribution in [0.25, 0.3) is 0 Å². The molecule has 0 aromatic heterocycles. The number of benzene rings is 2. The Morgan fingerprint density at radius 3 is 2.38 bits per heavy atom. The topological polar surface area (TPSA) is 59.6 Å². The maximum absolute atomic E-state index is 12.8. The van der Waals surface area contributed by atoms with Crippen LogP contribution in [0, 0.1) is 5.82 Å². The molecule has 0 spiro atoms. The number of nitrogens with one attached hydrogen (secondary N) is 2. The zero-order valence-corrected chi connectivity index (χ0v) is 13.9. The van der Waals surface area contributed by atoms with E-state index >= 15 is 0 Å². The van der Waals surface area contributed by atoms with Crippen molar-refractivity contribution in [3.8, 4) is 11.5 Å². The molecule has 0 aliphatic carbocycles. The summed E-state index contributed by atoms with van der Waals surface area (Å²) in [5.41, 5.74) is 1.72. The molecule has 2 amide bonds. The van der Waals surface area contributed by atoms with Crippen molar-refractivity contribution in [1.82, 2.24) is 10.6 Å². The quantitative estimate of drug-likeness (QED) is 0.852. The summed E-state index contributed by atoms with van der Waals surface area (Å²) in [6, 6.07) is 11.0. The zero-order valence-electron chi connectivity index (χ0n) is 13.9. The average molecular weight is 332 g/mol. The summed E-state index contributed by atoms with van der Waals surface area (Å²) in [4.78, 5) is 12.0. The summed E-state index contributed by atoms with van der Waals surface area (Å²) in [7, 11) is 3.14. The molecule has 0 aliphatic rings. The van der Waals surface area contributed by atoms with Crippen LogP contribution in [-0.4, -0.2) is 20.3 Å². The predicted octanol–water partition coefficient (Wildman–Crippen LogP) is 3.40. The summed E-state index contributed by atoms with van der Waals surface area (Å²) in [6.45, 7) is 2.20. The highest BCUT2D eigenvalue weighted by molar-refractivity contribution is 5.74. The van der Waals surface area contributed by atoms with Gasteiger partial charge in [0.25, 0.3) is 0 Å². The summed E-state index contributed by atoms with van der Waals surface area (Å²) in [5, 5.41) is 5.59. The van der Waals surface area contributed by atoms with Crippen LogP contribution in [0.5, 0.6) is 11.5 Å². The zero-order chi connectivity index (χ0) is 17.5. The molecule has 0 heterocycles. The molecule has 0 bridgehead atoms. The highest BCUT2D eigenvalue weighted by Crippen LogP contribution is 2.29. The summed E-state index contributed by atoms with van der Waals surface area (Å²) in [5.74, 6) is 0.940. The van der Waals surface area contributed by atoms with Crippen LogP contribution in [0.1, 0.15) is 24.1 Å². The van der Waals surface area contributed by atoms with Crippen molar-refractivity contribution in [2.24, 2.45) is 0 Å². The lowest BCUT2D eigenvalue weighted by Gasteiger charge is -2.17. The number of carbonyl (C=O) groups excluding carboxylic acids is 1. The maximum Gasteiger partial charge on any atom is 0.315 e. The standard InChI is InChI=1S/C18H21FN2O3/c1-12(14-6-9-16(23-2)17(10-14)24-3)21-18(22)20-11-13-4-7-15(19)8-5-13/h4-10,12H,11H2,1-3H3,(H2,20,21,22). The molecule has 2 aromatic carbocycles. The van der Waals surface area contributed by atoms with E-state index in [4.69, 9.17) is 9.47 Å². The third kappa shape index (κ3) is 4.62. The highest BCUT2D eigenvalue weighted by atomic mass is 19.1. The molecule has 24 heavy (non-hydrogen) atoms. The molecule has 0 saturated carbocycles. The van der Waals surface area contributed by atoms with Gasteiger partial charge in [-0.25, -0.2) is 9.18 Å². The Bertz CT molecular complexity index is 689. The van der Waals surface area contributed by atoms with Crippen LogP contribution in [0.4, 0.5) is 9.18 Å². The Labute approximate surface area is 140 Å². The number of ether oxygens (including phenoxy) is 2. The Balaban J connectivity index is 1.92. The third-order valence-corrected chi connectivity index (χ3v) is 3.62. The summed E-state index contributed by atoms with van der Waals surface area (Å²) >= 11 is 0. The van der Waals surface area contributed by atoms with Crippen LogP contribution in [-0.2, 0) is 6.54 Å². The molecule has 0 fully saturated rings. The maximum atomic E-state index is 12.8. The lowest BCUT2D eigenvalue weighted by molar-refractivity contribution is 0.237. The lowest BCUT2D eigenvalue weighted by atomic mass is 10.1. The van der Waals surface area contributed by atoms with Crippen molar-refractivity contribution in [3.05, 3.63) is 59.4 Å². The second-order valence-electron chi connectivity index (χ2n) is 5.29. The number of methoxy groups -OCH3 is 2. The van der Waals surface area contributed by atoms with Gasteiger partial charge in [-0.3, -0.25) is 0 Å². The van der Waals surface area contributed by atoms with Gasteiger partial charge in [-0.1, -0.05) is 18.2 Å². The second-order valence-corrected chi connectivity index (χ2v) is 5.29. The molecule has 0 radical (unpaired) electrons. The Kier molecular flexibility index (Phi) is 6.01. The summed E-state index contributed by atoms with van der Waals surface area (Å²) in [6.07, 6.45) is 0. The fraction of sp³-hybridized carbons (Fsp3) is 0.278. The fourth-order valence-corrected chi connectivity index (χ4v) is 2.24. The van der Waals surface area contributed by atoms with Crippen LogP contribution < -0.4 is 20.1 Å². The van der Waals surface area contributed by atoms with E-state index < -0.39 is 0 Å². The summed E-state index contributed by atoms with van der Waals surface area (Å²) < 4.78 is 23.3. The van der Waals surface area contributed by atoms with Crippen molar-refractivity contribution in [1.29, 1.82) is 0 Å². The van der Waals surface area contributed by atoms with Gasteiger partial charge in [0.2, 0.25) is 0 Å². The van der Waals surface area contributed by atoms with E-state index in [1.165, 1.54) is 12.1 Å².